The zero-order chi connectivity index (χ0) is 15.6. The molecule has 7 heteroatoms. The van der Waals surface area contributed by atoms with Crippen molar-refractivity contribution in [3.63, 3.8) is 0 Å². The zero-order valence-corrected chi connectivity index (χ0v) is 11.9. The average Bonchev–Trinajstić information content (AvgIpc) is 2.47. The average molecular weight is 313 g/mol. The molecule has 2 rings (SSSR count). The summed E-state index contributed by atoms with van der Waals surface area (Å²) in [4.78, 5) is -0.681. The van der Waals surface area contributed by atoms with E-state index in [1.807, 2.05) is 0 Å². The molecule has 0 bridgehead atoms. The van der Waals surface area contributed by atoms with Gasteiger partial charge in [0.25, 0.3) is 10.0 Å². The van der Waals surface area contributed by atoms with Crippen LogP contribution in [0.5, 0.6) is 0 Å². The largest absolute Gasteiger partial charge is 0.391 e. The molecule has 0 atom stereocenters. The number of para-hydroxylation sites is 1. The van der Waals surface area contributed by atoms with Crippen molar-refractivity contribution in [2.45, 2.75) is 11.5 Å². The monoisotopic (exact) mass is 313 g/mol. The second kappa shape index (κ2) is 5.79. The first-order valence-corrected chi connectivity index (χ1v) is 7.45. The number of hydrogen-bond donors (Lipinski definition) is 1. The van der Waals surface area contributed by atoms with E-state index in [9.17, 15) is 17.2 Å². The minimum Gasteiger partial charge on any atom is -0.391 e. The van der Waals surface area contributed by atoms with Gasteiger partial charge in [0.2, 0.25) is 0 Å². The molecule has 0 fully saturated rings. The third-order valence-corrected chi connectivity index (χ3v) is 4.87. The molecule has 0 aliphatic heterocycles. The molecule has 2 aromatic carbocycles. The predicted molar refractivity (Wildman–Crippen MR) is 74.3 cm³/mol. The van der Waals surface area contributed by atoms with E-state index >= 15 is 0 Å². The van der Waals surface area contributed by atoms with Crippen molar-refractivity contribution in [2.75, 3.05) is 11.4 Å². The van der Waals surface area contributed by atoms with Gasteiger partial charge in [0.05, 0.1) is 17.9 Å². The van der Waals surface area contributed by atoms with E-state index in [4.69, 9.17) is 5.11 Å². The number of nitrogens with zero attached hydrogens (tertiary/aromatic N) is 1. The number of aliphatic hydroxyl groups excluding tert-OH is 1. The highest BCUT2D eigenvalue weighted by Crippen LogP contribution is 2.26. The predicted octanol–water partition coefficient (Wildman–Crippen LogP) is 2.28. The highest BCUT2D eigenvalue weighted by molar-refractivity contribution is 7.92. The topological polar surface area (TPSA) is 57.6 Å². The zero-order valence-electron chi connectivity index (χ0n) is 11.1. The van der Waals surface area contributed by atoms with Crippen molar-refractivity contribution in [3.05, 3.63) is 59.7 Å². The van der Waals surface area contributed by atoms with Gasteiger partial charge < -0.3 is 5.11 Å². The van der Waals surface area contributed by atoms with Gasteiger partial charge in [-0.25, -0.2) is 17.2 Å². The lowest BCUT2D eigenvalue weighted by atomic mass is 10.2. The van der Waals surface area contributed by atoms with E-state index < -0.39 is 38.7 Å². The summed E-state index contributed by atoms with van der Waals surface area (Å²) in [5.74, 6) is -2.27. The van der Waals surface area contributed by atoms with Gasteiger partial charge >= 0.3 is 0 Å². The number of halogens is 2. The molecule has 0 saturated heterocycles. The maximum Gasteiger partial charge on any atom is 0.267 e. The number of hydrogen-bond acceptors (Lipinski definition) is 3. The van der Waals surface area contributed by atoms with Crippen molar-refractivity contribution < 1.29 is 22.3 Å². The quantitative estimate of drug-likeness (QED) is 0.942. The van der Waals surface area contributed by atoms with Gasteiger partial charge in [0, 0.05) is 7.05 Å². The Hall–Kier alpha value is -1.99. The van der Waals surface area contributed by atoms with Crippen molar-refractivity contribution in [1.29, 1.82) is 0 Å². The molecule has 0 saturated carbocycles. The van der Waals surface area contributed by atoms with Crippen LogP contribution in [-0.2, 0) is 16.6 Å². The number of sulfonamides is 1. The second-order valence-corrected chi connectivity index (χ2v) is 6.24. The van der Waals surface area contributed by atoms with Crippen LogP contribution in [-0.4, -0.2) is 20.6 Å². The fourth-order valence-electron chi connectivity index (χ4n) is 1.84. The standard InChI is InChI=1S/C14H13F2NO3S/c1-17(10-5-3-2-4-6-10)21(19,20)13-8-7-12(15)11(9-18)14(13)16/h2-8,18H,9H2,1H3. The van der Waals surface area contributed by atoms with E-state index in [-0.39, 0.29) is 0 Å². The maximum atomic E-state index is 14.1. The summed E-state index contributed by atoms with van der Waals surface area (Å²) in [5, 5.41) is 8.96. The normalized spacial score (nSPS) is 11.4. The summed E-state index contributed by atoms with van der Waals surface area (Å²) in [7, 11) is -2.92. The van der Waals surface area contributed by atoms with Crippen LogP contribution in [0, 0.1) is 11.6 Å². The van der Waals surface area contributed by atoms with Crippen molar-refractivity contribution in [1.82, 2.24) is 0 Å². The fourth-order valence-corrected chi connectivity index (χ4v) is 3.13. The molecule has 4 nitrogen and oxygen atoms in total. The Balaban J connectivity index is 2.55. The van der Waals surface area contributed by atoms with Crippen molar-refractivity contribution in [3.8, 4) is 0 Å². The highest BCUT2D eigenvalue weighted by Gasteiger charge is 2.27. The Bertz CT molecular complexity index is 748. The van der Waals surface area contributed by atoms with E-state index in [1.54, 1.807) is 30.3 Å². The molecule has 0 amide bonds. The molecule has 0 aliphatic carbocycles. The molecule has 21 heavy (non-hydrogen) atoms. The Morgan fingerprint density at radius 2 is 1.71 bits per heavy atom. The van der Waals surface area contributed by atoms with Gasteiger partial charge in [0.15, 0.2) is 5.82 Å². The smallest absolute Gasteiger partial charge is 0.267 e. The van der Waals surface area contributed by atoms with Gasteiger partial charge in [-0.2, -0.15) is 0 Å². The van der Waals surface area contributed by atoms with Crippen LogP contribution in [0.25, 0.3) is 0 Å². The molecule has 0 heterocycles. The summed E-state index contributed by atoms with van der Waals surface area (Å²) >= 11 is 0. The van der Waals surface area contributed by atoms with Crippen molar-refractivity contribution >= 4 is 15.7 Å². The van der Waals surface area contributed by atoms with Gasteiger partial charge in [-0.05, 0) is 24.3 Å². The molecule has 0 aliphatic rings. The van der Waals surface area contributed by atoms with Gasteiger partial charge in [-0.15, -0.1) is 0 Å². The number of aliphatic hydroxyl groups is 1. The highest BCUT2D eigenvalue weighted by atomic mass is 32.2. The minimum absolute atomic E-state index is 0.340. The van der Waals surface area contributed by atoms with Gasteiger partial charge in [-0.3, -0.25) is 4.31 Å². The lowest BCUT2D eigenvalue weighted by molar-refractivity contribution is 0.267. The maximum absolute atomic E-state index is 14.1. The van der Waals surface area contributed by atoms with Crippen LogP contribution in [0.3, 0.4) is 0 Å². The van der Waals surface area contributed by atoms with Gasteiger partial charge in [0.1, 0.15) is 10.7 Å². The summed E-state index contributed by atoms with van der Waals surface area (Å²) in [6.07, 6.45) is 0. The molecule has 0 unspecified atom stereocenters. The van der Waals surface area contributed by atoms with Crippen LogP contribution >= 0.6 is 0 Å². The summed E-state index contributed by atoms with van der Waals surface area (Å²) in [5.41, 5.74) is -0.329. The van der Waals surface area contributed by atoms with Crippen LogP contribution in [0.1, 0.15) is 5.56 Å². The summed E-state index contributed by atoms with van der Waals surface area (Å²) < 4.78 is 53.2. The van der Waals surface area contributed by atoms with E-state index in [0.29, 0.717) is 5.69 Å². The number of benzene rings is 2. The third-order valence-electron chi connectivity index (χ3n) is 3.07. The summed E-state index contributed by atoms with van der Waals surface area (Å²) in [6.45, 7) is -0.921. The molecule has 2 aromatic rings. The molecule has 1 N–H and O–H groups in total. The molecule has 112 valence electrons. The number of anilines is 1. The van der Waals surface area contributed by atoms with Gasteiger partial charge in [-0.1, -0.05) is 18.2 Å². The molecule has 0 radical (unpaired) electrons. The van der Waals surface area contributed by atoms with Crippen LogP contribution in [0.4, 0.5) is 14.5 Å². The lowest BCUT2D eigenvalue weighted by Crippen LogP contribution is -2.27. The Kier molecular flexibility index (Phi) is 4.24. The summed E-state index contributed by atoms with van der Waals surface area (Å²) in [6, 6.07) is 9.76. The van der Waals surface area contributed by atoms with E-state index in [2.05, 4.69) is 0 Å². The fraction of sp³-hybridized carbons (Fsp3) is 0.143. The molecular formula is C14H13F2NO3S. The first-order valence-electron chi connectivity index (χ1n) is 6.01. The van der Waals surface area contributed by atoms with E-state index in [0.717, 1.165) is 16.4 Å². The Morgan fingerprint density at radius 1 is 1.10 bits per heavy atom. The Labute approximate surface area is 121 Å². The third kappa shape index (κ3) is 2.74. The minimum atomic E-state index is -4.19. The molecule has 0 aromatic heterocycles. The van der Waals surface area contributed by atoms with E-state index in [1.165, 1.54) is 7.05 Å². The second-order valence-electron chi connectivity index (χ2n) is 4.30. The van der Waals surface area contributed by atoms with Crippen LogP contribution in [0.15, 0.2) is 47.4 Å². The van der Waals surface area contributed by atoms with Crippen molar-refractivity contribution in [2.24, 2.45) is 0 Å². The van der Waals surface area contributed by atoms with Crippen LogP contribution < -0.4 is 4.31 Å². The number of rotatable bonds is 4. The van der Waals surface area contributed by atoms with Crippen LogP contribution in [0.2, 0.25) is 0 Å². The SMILES string of the molecule is CN(c1ccccc1)S(=O)(=O)c1ccc(F)c(CO)c1F. The lowest BCUT2D eigenvalue weighted by Gasteiger charge is -2.20. The molecular weight excluding hydrogens is 300 g/mol. The Morgan fingerprint density at radius 3 is 2.29 bits per heavy atom. The first kappa shape index (κ1) is 15.4. The first-order chi connectivity index (χ1) is 9.89. The molecule has 0 spiro atoms.